The van der Waals surface area contributed by atoms with E-state index in [2.05, 4.69) is 36.9 Å². The molecule has 1 aromatic rings. The first-order valence-corrected chi connectivity index (χ1v) is 6.05. The standard InChI is InChI=1S/C13H18ClN/c1-10-5-7-15(8-6-10)13-4-3-11(2)9-12(13)14/h3-4,9-10H,5-8H2,1-2H3. The predicted molar refractivity (Wildman–Crippen MR) is 66.8 cm³/mol. The van der Waals surface area contributed by atoms with Crippen LogP contribution in [0.15, 0.2) is 18.2 Å². The Balaban J connectivity index is 2.15. The highest BCUT2D eigenvalue weighted by molar-refractivity contribution is 6.33. The second-order valence-corrected chi connectivity index (χ2v) is 5.03. The van der Waals surface area contributed by atoms with Crippen LogP contribution in [0.2, 0.25) is 5.02 Å². The number of hydrogen-bond acceptors (Lipinski definition) is 1. The summed E-state index contributed by atoms with van der Waals surface area (Å²) in [6, 6.07) is 6.34. The first kappa shape index (κ1) is 10.8. The Hall–Kier alpha value is -0.690. The van der Waals surface area contributed by atoms with Gasteiger partial charge in [-0.05, 0) is 43.4 Å². The Morgan fingerprint density at radius 1 is 1.27 bits per heavy atom. The molecule has 1 heterocycles. The van der Waals surface area contributed by atoms with Crippen LogP contribution in [-0.4, -0.2) is 13.1 Å². The third-order valence-electron chi connectivity index (χ3n) is 3.23. The van der Waals surface area contributed by atoms with E-state index in [0.717, 1.165) is 24.0 Å². The summed E-state index contributed by atoms with van der Waals surface area (Å²) < 4.78 is 0. The Morgan fingerprint density at radius 2 is 1.93 bits per heavy atom. The van der Waals surface area contributed by atoms with Crippen molar-refractivity contribution in [3.8, 4) is 0 Å². The molecule has 1 aliphatic rings. The first-order valence-electron chi connectivity index (χ1n) is 5.68. The lowest BCUT2D eigenvalue weighted by atomic mass is 9.99. The molecule has 0 atom stereocenters. The lowest BCUT2D eigenvalue weighted by Gasteiger charge is -2.32. The molecule has 0 aliphatic carbocycles. The molecule has 0 unspecified atom stereocenters. The number of aryl methyl sites for hydroxylation is 1. The molecule has 1 saturated heterocycles. The quantitative estimate of drug-likeness (QED) is 0.699. The number of nitrogens with zero attached hydrogens (tertiary/aromatic N) is 1. The minimum atomic E-state index is 0.866. The van der Waals surface area contributed by atoms with Gasteiger partial charge in [-0.2, -0.15) is 0 Å². The molecule has 0 bridgehead atoms. The maximum Gasteiger partial charge on any atom is 0.0642 e. The van der Waals surface area contributed by atoms with Crippen molar-refractivity contribution in [1.82, 2.24) is 0 Å². The van der Waals surface area contributed by atoms with Crippen LogP contribution in [0.3, 0.4) is 0 Å². The van der Waals surface area contributed by atoms with Gasteiger partial charge in [0.1, 0.15) is 0 Å². The van der Waals surface area contributed by atoms with Crippen LogP contribution in [-0.2, 0) is 0 Å². The van der Waals surface area contributed by atoms with Crippen molar-refractivity contribution < 1.29 is 0 Å². The fourth-order valence-corrected chi connectivity index (χ4v) is 2.47. The van der Waals surface area contributed by atoms with Crippen molar-refractivity contribution in [2.24, 2.45) is 5.92 Å². The number of anilines is 1. The summed E-state index contributed by atoms with van der Waals surface area (Å²) in [4.78, 5) is 2.40. The van der Waals surface area contributed by atoms with Gasteiger partial charge in [0.2, 0.25) is 0 Å². The molecule has 0 amide bonds. The third-order valence-corrected chi connectivity index (χ3v) is 3.53. The molecule has 0 radical (unpaired) electrons. The van der Waals surface area contributed by atoms with E-state index in [1.165, 1.54) is 24.1 Å². The minimum Gasteiger partial charge on any atom is -0.370 e. The van der Waals surface area contributed by atoms with Crippen LogP contribution in [0, 0.1) is 12.8 Å². The smallest absolute Gasteiger partial charge is 0.0642 e. The summed E-state index contributed by atoms with van der Waals surface area (Å²) in [5.41, 5.74) is 2.43. The van der Waals surface area contributed by atoms with Crippen molar-refractivity contribution in [2.45, 2.75) is 26.7 Å². The van der Waals surface area contributed by atoms with Crippen LogP contribution < -0.4 is 4.90 Å². The highest BCUT2D eigenvalue weighted by atomic mass is 35.5. The Morgan fingerprint density at radius 3 is 2.53 bits per heavy atom. The highest BCUT2D eigenvalue weighted by Crippen LogP contribution is 2.30. The van der Waals surface area contributed by atoms with Gasteiger partial charge in [0.15, 0.2) is 0 Å². The predicted octanol–water partition coefficient (Wildman–Crippen LogP) is 3.88. The normalized spacial score (nSPS) is 18.2. The van der Waals surface area contributed by atoms with E-state index in [9.17, 15) is 0 Å². The van der Waals surface area contributed by atoms with E-state index >= 15 is 0 Å². The molecule has 0 aromatic heterocycles. The van der Waals surface area contributed by atoms with Crippen LogP contribution >= 0.6 is 11.6 Å². The van der Waals surface area contributed by atoms with E-state index in [4.69, 9.17) is 11.6 Å². The van der Waals surface area contributed by atoms with Crippen molar-refractivity contribution in [2.75, 3.05) is 18.0 Å². The topological polar surface area (TPSA) is 3.24 Å². The summed E-state index contributed by atoms with van der Waals surface area (Å²) in [5.74, 6) is 0.866. The second kappa shape index (κ2) is 4.44. The van der Waals surface area contributed by atoms with E-state index in [1.54, 1.807) is 0 Å². The zero-order valence-electron chi connectivity index (χ0n) is 9.46. The largest absolute Gasteiger partial charge is 0.370 e. The summed E-state index contributed by atoms with van der Waals surface area (Å²) in [6.07, 6.45) is 2.56. The van der Waals surface area contributed by atoms with E-state index in [1.807, 2.05) is 0 Å². The van der Waals surface area contributed by atoms with E-state index in [0.29, 0.717) is 0 Å². The lowest BCUT2D eigenvalue weighted by Crippen LogP contribution is -2.32. The van der Waals surface area contributed by atoms with Gasteiger partial charge in [-0.1, -0.05) is 24.6 Å². The van der Waals surface area contributed by atoms with Crippen LogP contribution in [0.1, 0.15) is 25.3 Å². The minimum absolute atomic E-state index is 0.866. The average molecular weight is 224 g/mol. The average Bonchev–Trinajstić information content (AvgIpc) is 2.20. The van der Waals surface area contributed by atoms with Gasteiger partial charge in [0.25, 0.3) is 0 Å². The monoisotopic (exact) mass is 223 g/mol. The molecular weight excluding hydrogens is 206 g/mol. The number of piperidine rings is 1. The molecule has 0 N–H and O–H groups in total. The fourth-order valence-electron chi connectivity index (χ4n) is 2.12. The molecule has 15 heavy (non-hydrogen) atoms. The second-order valence-electron chi connectivity index (χ2n) is 4.62. The van der Waals surface area contributed by atoms with Gasteiger partial charge in [-0.15, -0.1) is 0 Å². The van der Waals surface area contributed by atoms with Crippen LogP contribution in [0.5, 0.6) is 0 Å². The zero-order chi connectivity index (χ0) is 10.8. The van der Waals surface area contributed by atoms with Crippen molar-refractivity contribution in [3.05, 3.63) is 28.8 Å². The molecule has 0 saturated carbocycles. The maximum atomic E-state index is 6.26. The van der Waals surface area contributed by atoms with Crippen molar-refractivity contribution in [3.63, 3.8) is 0 Å². The molecule has 1 nitrogen and oxygen atoms in total. The summed E-state index contributed by atoms with van der Waals surface area (Å²) in [7, 11) is 0. The van der Waals surface area contributed by atoms with Gasteiger partial charge in [0, 0.05) is 13.1 Å². The fraction of sp³-hybridized carbons (Fsp3) is 0.538. The molecule has 82 valence electrons. The Bertz CT molecular complexity index is 340. The summed E-state index contributed by atoms with van der Waals surface area (Å²) in [6.45, 7) is 6.69. The zero-order valence-corrected chi connectivity index (χ0v) is 10.2. The molecule has 0 spiro atoms. The lowest BCUT2D eigenvalue weighted by molar-refractivity contribution is 0.438. The van der Waals surface area contributed by atoms with Gasteiger partial charge in [-0.25, -0.2) is 0 Å². The van der Waals surface area contributed by atoms with Gasteiger partial charge in [-0.3, -0.25) is 0 Å². The van der Waals surface area contributed by atoms with E-state index < -0.39 is 0 Å². The third kappa shape index (κ3) is 2.46. The summed E-state index contributed by atoms with van der Waals surface area (Å²) >= 11 is 6.26. The Labute approximate surface area is 97.0 Å². The van der Waals surface area contributed by atoms with Gasteiger partial charge in [0.05, 0.1) is 10.7 Å². The highest BCUT2D eigenvalue weighted by Gasteiger charge is 2.17. The van der Waals surface area contributed by atoms with Crippen LogP contribution in [0.4, 0.5) is 5.69 Å². The maximum absolute atomic E-state index is 6.26. The molecule has 2 heteroatoms. The van der Waals surface area contributed by atoms with Gasteiger partial charge < -0.3 is 4.90 Å². The molecular formula is C13H18ClN. The number of rotatable bonds is 1. The Kier molecular flexibility index (Phi) is 3.20. The molecule has 1 aromatic carbocycles. The SMILES string of the molecule is Cc1ccc(N2CCC(C)CC2)c(Cl)c1. The summed E-state index contributed by atoms with van der Waals surface area (Å²) in [5, 5.41) is 0.893. The molecule has 2 rings (SSSR count). The number of halogens is 1. The molecule has 1 aliphatic heterocycles. The number of hydrogen-bond donors (Lipinski definition) is 0. The molecule has 1 fully saturated rings. The van der Waals surface area contributed by atoms with Crippen molar-refractivity contribution in [1.29, 1.82) is 0 Å². The van der Waals surface area contributed by atoms with Gasteiger partial charge >= 0.3 is 0 Å². The van der Waals surface area contributed by atoms with Crippen LogP contribution in [0.25, 0.3) is 0 Å². The van der Waals surface area contributed by atoms with Crippen molar-refractivity contribution >= 4 is 17.3 Å². The number of benzene rings is 1. The van der Waals surface area contributed by atoms with E-state index in [-0.39, 0.29) is 0 Å². The first-order chi connectivity index (χ1) is 7.16.